The van der Waals surface area contributed by atoms with Crippen molar-refractivity contribution in [2.24, 2.45) is 0 Å². The van der Waals surface area contributed by atoms with Gasteiger partial charge in [0.1, 0.15) is 0 Å². The van der Waals surface area contributed by atoms with Crippen molar-refractivity contribution < 1.29 is 9.53 Å². The van der Waals surface area contributed by atoms with Gasteiger partial charge < -0.3 is 9.64 Å². The number of nitrogens with zero attached hydrogens (tertiary/aromatic N) is 1. The summed E-state index contributed by atoms with van der Waals surface area (Å²) in [7, 11) is 0. The lowest BCUT2D eigenvalue weighted by Gasteiger charge is -2.21. The summed E-state index contributed by atoms with van der Waals surface area (Å²) in [4.78, 5) is 13.7. The first-order chi connectivity index (χ1) is 6.88. The van der Waals surface area contributed by atoms with E-state index in [1.54, 1.807) is 0 Å². The van der Waals surface area contributed by atoms with Crippen molar-refractivity contribution in [3.8, 4) is 0 Å². The van der Waals surface area contributed by atoms with Crippen LogP contribution in [0.1, 0.15) is 33.6 Å². The summed E-state index contributed by atoms with van der Waals surface area (Å²) in [6.07, 6.45) is 1.56. The van der Waals surface area contributed by atoms with Gasteiger partial charge >= 0.3 is 0 Å². The van der Waals surface area contributed by atoms with E-state index in [1.807, 2.05) is 25.7 Å². The van der Waals surface area contributed by atoms with Gasteiger partial charge in [-0.2, -0.15) is 0 Å². The van der Waals surface area contributed by atoms with Gasteiger partial charge in [-0.05, 0) is 27.2 Å². The van der Waals surface area contributed by atoms with Crippen LogP contribution in [0.25, 0.3) is 0 Å². The summed E-state index contributed by atoms with van der Waals surface area (Å²) >= 11 is 3.47. The predicted molar refractivity (Wildman–Crippen MR) is 64.2 cm³/mol. The molecule has 1 unspecified atom stereocenters. The second-order valence-electron chi connectivity index (χ2n) is 4.96. The van der Waals surface area contributed by atoms with Crippen LogP contribution in [-0.4, -0.2) is 40.9 Å². The Kier molecular flexibility index (Phi) is 4.59. The topological polar surface area (TPSA) is 29.5 Å². The van der Waals surface area contributed by atoms with E-state index in [1.165, 1.54) is 0 Å². The van der Waals surface area contributed by atoms with Crippen LogP contribution in [0.2, 0.25) is 0 Å². The van der Waals surface area contributed by atoms with Crippen molar-refractivity contribution in [2.75, 3.05) is 19.7 Å². The zero-order valence-electron chi connectivity index (χ0n) is 9.75. The fraction of sp³-hybridized carbons (Fsp3) is 0.909. The SMILES string of the molecule is CC(C)(C)OCCCN1CC(Br)CC1=O. The molecule has 1 heterocycles. The first-order valence-corrected chi connectivity index (χ1v) is 6.36. The number of likely N-dealkylation sites (tertiary alicyclic amines) is 1. The second-order valence-corrected chi connectivity index (χ2v) is 6.25. The number of hydrogen-bond donors (Lipinski definition) is 0. The number of hydrogen-bond acceptors (Lipinski definition) is 2. The minimum atomic E-state index is -0.0764. The summed E-state index contributed by atoms with van der Waals surface area (Å²) in [6, 6.07) is 0. The highest BCUT2D eigenvalue weighted by molar-refractivity contribution is 9.09. The van der Waals surface area contributed by atoms with Crippen LogP contribution in [0.3, 0.4) is 0 Å². The van der Waals surface area contributed by atoms with Crippen LogP contribution in [0, 0.1) is 0 Å². The molecule has 0 aliphatic carbocycles. The Balaban J connectivity index is 2.13. The lowest BCUT2D eigenvalue weighted by Crippen LogP contribution is -2.28. The number of carbonyl (C=O) groups excluding carboxylic acids is 1. The van der Waals surface area contributed by atoms with E-state index in [0.29, 0.717) is 11.2 Å². The van der Waals surface area contributed by atoms with Crippen LogP contribution in [-0.2, 0) is 9.53 Å². The summed E-state index contributed by atoms with van der Waals surface area (Å²) in [5, 5.41) is 0. The molecular weight excluding hydrogens is 258 g/mol. The lowest BCUT2D eigenvalue weighted by molar-refractivity contribution is -0.127. The van der Waals surface area contributed by atoms with Gasteiger partial charge in [0.25, 0.3) is 0 Å². The third-order valence-corrected chi connectivity index (χ3v) is 2.89. The molecule has 3 nitrogen and oxygen atoms in total. The number of carbonyl (C=O) groups is 1. The summed E-state index contributed by atoms with van der Waals surface area (Å²) < 4.78 is 5.60. The van der Waals surface area contributed by atoms with Crippen molar-refractivity contribution in [1.29, 1.82) is 0 Å². The third kappa shape index (κ3) is 4.98. The fourth-order valence-electron chi connectivity index (χ4n) is 1.57. The van der Waals surface area contributed by atoms with E-state index in [4.69, 9.17) is 4.74 Å². The molecule has 0 spiro atoms. The predicted octanol–water partition coefficient (Wildman–Crippen LogP) is 2.19. The van der Waals surface area contributed by atoms with Crippen LogP contribution in [0.15, 0.2) is 0 Å². The normalized spacial score (nSPS) is 22.5. The first-order valence-electron chi connectivity index (χ1n) is 5.44. The maximum absolute atomic E-state index is 11.4. The van der Waals surface area contributed by atoms with Gasteiger partial charge in [-0.1, -0.05) is 15.9 Å². The van der Waals surface area contributed by atoms with E-state index < -0.39 is 0 Å². The maximum atomic E-state index is 11.4. The first kappa shape index (κ1) is 13.0. The molecule has 1 fully saturated rings. The maximum Gasteiger partial charge on any atom is 0.223 e. The molecule has 1 rings (SSSR count). The minimum Gasteiger partial charge on any atom is -0.376 e. The van der Waals surface area contributed by atoms with Gasteiger partial charge in [-0.25, -0.2) is 0 Å². The molecule has 1 saturated heterocycles. The van der Waals surface area contributed by atoms with Crippen molar-refractivity contribution in [3.05, 3.63) is 0 Å². The van der Waals surface area contributed by atoms with Crippen molar-refractivity contribution in [3.63, 3.8) is 0 Å². The van der Waals surface area contributed by atoms with Gasteiger partial charge in [0.2, 0.25) is 5.91 Å². The summed E-state index contributed by atoms with van der Waals surface area (Å²) in [5.41, 5.74) is -0.0764. The Labute approximate surface area is 100 Å². The second kappa shape index (κ2) is 5.30. The number of amides is 1. The fourth-order valence-corrected chi connectivity index (χ4v) is 2.20. The van der Waals surface area contributed by atoms with Gasteiger partial charge in [0, 0.05) is 30.9 Å². The average molecular weight is 278 g/mol. The Morgan fingerprint density at radius 2 is 2.20 bits per heavy atom. The van der Waals surface area contributed by atoms with Crippen molar-refractivity contribution in [1.82, 2.24) is 4.90 Å². The molecule has 1 amide bonds. The number of alkyl halides is 1. The molecule has 4 heteroatoms. The standard InChI is InChI=1S/C11H20BrNO2/c1-11(2,3)15-6-4-5-13-8-9(12)7-10(13)14/h9H,4-8H2,1-3H3. The molecule has 1 aliphatic rings. The Morgan fingerprint density at radius 1 is 1.53 bits per heavy atom. The molecule has 0 bridgehead atoms. The Bertz CT molecular complexity index is 225. The van der Waals surface area contributed by atoms with E-state index >= 15 is 0 Å². The van der Waals surface area contributed by atoms with Crippen LogP contribution >= 0.6 is 15.9 Å². The number of ether oxygens (including phenoxy) is 1. The summed E-state index contributed by atoms with van der Waals surface area (Å²) in [6.45, 7) is 8.51. The number of halogens is 1. The summed E-state index contributed by atoms with van der Waals surface area (Å²) in [5.74, 6) is 0.257. The molecule has 0 saturated carbocycles. The highest BCUT2D eigenvalue weighted by Crippen LogP contribution is 2.18. The molecule has 0 N–H and O–H groups in total. The highest BCUT2D eigenvalue weighted by atomic mass is 79.9. The largest absolute Gasteiger partial charge is 0.376 e. The monoisotopic (exact) mass is 277 g/mol. The van der Waals surface area contributed by atoms with Crippen LogP contribution in [0.5, 0.6) is 0 Å². The zero-order valence-corrected chi connectivity index (χ0v) is 11.3. The lowest BCUT2D eigenvalue weighted by atomic mass is 10.2. The molecule has 15 heavy (non-hydrogen) atoms. The van der Waals surface area contributed by atoms with Crippen LogP contribution in [0.4, 0.5) is 0 Å². The molecule has 1 atom stereocenters. The Hall–Kier alpha value is -0.0900. The highest BCUT2D eigenvalue weighted by Gasteiger charge is 2.26. The molecular formula is C11H20BrNO2. The minimum absolute atomic E-state index is 0.0764. The molecule has 0 aromatic carbocycles. The van der Waals surface area contributed by atoms with E-state index in [2.05, 4.69) is 15.9 Å². The molecule has 1 aliphatic heterocycles. The van der Waals surface area contributed by atoms with E-state index in [9.17, 15) is 4.79 Å². The average Bonchev–Trinajstić information content (AvgIpc) is 2.37. The van der Waals surface area contributed by atoms with Crippen molar-refractivity contribution >= 4 is 21.8 Å². The molecule has 88 valence electrons. The van der Waals surface area contributed by atoms with Crippen molar-refractivity contribution in [2.45, 2.75) is 44.0 Å². The Morgan fingerprint density at radius 3 is 2.67 bits per heavy atom. The molecule has 0 aromatic rings. The number of rotatable bonds is 4. The van der Waals surface area contributed by atoms with Gasteiger partial charge in [-0.3, -0.25) is 4.79 Å². The van der Waals surface area contributed by atoms with E-state index in [0.717, 1.165) is 26.1 Å². The van der Waals surface area contributed by atoms with Gasteiger partial charge in [0.15, 0.2) is 0 Å². The molecule has 0 aromatic heterocycles. The zero-order chi connectivity index (χ0) is 11.5. The third-order valence-electron chi connectivity index (χ3n) is 2.27. The van der Waals surface area contributed by atoms with Gasteiger partial charge in [0.05, 0.1) is 5.60 Å². The quantitative estimate of drug-likeness (QED) is 0.582. The molecule has 0 radical (unpaired) electrons. The van der Waals surface area contributed by atoms with E-state index in [-0.39, 0.29) is 11.5 Å². The van der Waals surface area contributed by atoms with Gasteiger partial charge in [-0.15, -0.1) is 0 Å². The van der Waals surface area contributed by atoms with Crippen LogP contribution < -0.4 is 0 Å². The smallest absolute Gasteiger partial charge is 0.223 e.